The third-order valence-corrected chi connectivity index (χ3v) is 3.85. The summed E-state index contributed by atoms with van der Waals surface area (Å²) < 4.78 is 22.8. The number of hydrogen-bond donors (Lipinski definition) is 3. The van der Waals surface area contributed by atoms with Crippen molar-refractivity contribution in [2.75, 3.05) is 11.9 Å². The molecule has 0 aliphatic heterocycles. The summed E-state index contributed by atoms with van der Waals surface area (Å²) in [4.78, 5) is 11.6. The lowest BCUT2D eigenvalue weighted by Crippen LogP contribution is -2.33. The van der Waals surface area contributed by atoms with Gasteiger partial charge in [-0.2, -0.15) is 0 Å². The normalized spacial score (nSPS) is 12.8. The van der Waals surface area contributed by atoms with Gasteiger partial charge < -0.3 is 10.6 Å². The van der Waals surface area contributed by atoms with Crippen LogP contribution in [0.4, 0.5) is 5.69 Å². The van der Waals surface area contributed by atoms with Gasteiger partial charge in [0.1, 0.15) is 4.90 Å². The molecule has 1 atom stereocenters. The van der Waals surface area contributed by atoms with Crippen molar-refractivity contribution in [1.29, 1.82) is 0 Å². The van der Waals surface area contributed by atoms with Crippen molar-refractivity contribution in [3.8, 4) is 0 Å². The Morgan fingerprint density at radius 3 is 2.60 bits per heavy atom. The number of primary sulfonamides is 1. The Hall–Kier alpha value is -1.60. The van der Waals surface area contributed by atoms with E-state index in [1.54, 1.807) is 18.2 Å². The molecule has 0 spiro atoms. The fourth-order valence-corrected chi connectivity index (χ4v) is 2.34. The minimum Gasteiger partial charge on any atom is -0.383 e. The van der Waals surface area contributed by atoms with E-state index < -0.39 is 10.0 Å². The van der Waals surface area contributed by atoms with Crippen LogP contribution < -0.4 is 15.8 Å². The van der Waals surface area contributed by atoms with E-state index in [1.807, 2.05) is 13.8 Å². The zero-order valence-electron chi connectivity index (χ0n) is 11.7. The summed E-state index contributed by atoms with van der Waals surface area (Å²) in [7, 11) is -3.77. The van der Waals surface area contributed by atoms with Crippen LogP contribution in [0.2, 0.25) is 0 Å². The second-order valence-corrected chi connectivity index (χ2v) is 6.12. The van der Waals surface area contributed by atoms with Crippen LogP contribution in [0.25, 0.3) is 0 Å². The lowest BCUT2D eigenvalue weighted by Gasteiger charge is -2.13. The molecule has 0 heterocycles. The number of nitrogens with two attached hydrogens (primary N) is 1. The number of sulfonamides is 1. The molecule has 1 aromatic carbocycles. The van der Waals surface area contributed by atoms with Crippen molar-refractivity contribution in [3.05, 3.63) is 24.3 Å². The Labute approximate surface area is 119 Å². The predicted octanol–water partition coefficient (Wildman–Crippen LogP) is 1.05. The molecule has 20 heavy (non-hydrogen) atoms. The Morgan fingerprint density at radius 1 is 1.35 bits per heavy atom. The highest BCUT2D eigenvalue weighted by atomic mass is 32.2. The van der Waals surface area contributed by atoms with Crippen molar-refractivity contribution < 1.29 is 13.2 Å². The zero-order chi connectivity index (χ0) is 15.2. The Morgan fingerprint density at radius 2 is 2.00 bits per heavy atom. The summed E-state index contributed by atoms with van der Waals surface area (Å²) in [5.41, 5.74) is 0.409. The monoisotopic (exact) mass is 299 g/mol. The van der Waals surface area contributed by atoms with Gasteiger partial charge in [0.05, 0.1) is 5.69 Å². The van der Waals surface area contributed by atoms with Crippen LogP contribution in [0.15, 0.2) is 29.2 Å². The van der Waals surface area contributed by atoms with Crippen LogP contribution in [0.3, 0.4) is 0 Å². The SMILES string of the molecule is CCC(C)NC(=O)CCNc1ccccc1S(N)(=O)=O. The molecule has 1 aromatic rings. The van der Waals surface area contributed by atoms with Crippen molar-refractivity contribution in [3.63, 3.8) is 0 Å². The maximum Gasteiger partial charge on any atom is 0.240 e. The van der Waals surface area contributed by atoms with Crippen molar-refractivity contribution >= 4 is 21.6 Å². The van der Waals surface area contributed by atoms with Gasteiger partial charge in [-0.25, -0.2) is 13.6 Å². The first kappa shape index (κ1) is 16.5. The van der Waals surface area contributed by atoms with E-state index in [2.05, 4.69) is 10.6 Å². The number of rotatable bonds is 7. The largest absolute Gasteiger partial charge is 0.383 e. The van der Waals surface area contributed by atoms with Crippen molar-refractivity contribution in [2.24, 2.45) is 5.14 Å². The van der Waals surface area contributed by atoms with E-state index >= 15 is 0 Å². The third kappa shape index (κ3) is 5.18. The minimum atomic E-state index is -3.77. The van der Waals surface area contributed by atoms with E-state index in [0.717, 1.165) is 6.42 Å². The highest BCUT2D eigenvalue weighted by Gasteiger charge is 2.13. The predicted molar refractivity (Wildman–Crippen MR) is 78.8 cm³/mol. The van der Waals surface area contributed by atoms with E-state index in [4.69, 9.17) is 5.14 Å². The average Bonchev–Trinajstić information content (AvgIpc) is 2.38. The van der Waals surface area contributed by atoms with Crippen molar-refractivity contribution in [1.82, 2.24) is 5.32 Å². The molecule has 0 bridgehead atoms. The molecule has 6 nitrogen and oxygen atoms in total. The summed E-state index contributed by atoms with van der Waals surface area (Å²) in [5, 5.41) is 10.9. The summed E-state index contributed by atoms with van der Waals surface area (Å²) in [6, 6.07) is 6.49. The van der Waals surface area contributed by atoms with Crippen LogP contribution in [0.5, 0.6) is 0 Å². The zero-order valence-corrected chi connectivity index (χ0v) is 12.5. The molecule has 0 saturated carbocycles. The second-order valence-electron chi connectivity index (χ2n) is 4.59. The molecule has 1 unspecified atom stereocenters. The molecule has 1 amide bonds. The van der Waals surface area contributed by atoms with Crippen LogP contribution >= 0.6 is 0 Å². The molecule has 0 aliphatic carbocycles. The highest BCUT2D eigenvalue weighted by molar-refractivity contribution is 7.89. The number of para-hydroxylation sites is 1. The topological polar surface area (TPSA) is 101 Å². The van der Waals surface area contributed by atoms with Gasteiger partial charge in [-0.1, -0.05) is 19.1 Å². The first-order valence-corrected chi connectivity index (χ1v) is 8.04. The number of carbonyl (C=O) groups is 1. The highest BCUT2D eigenvalue weighted by Crippen LogP contribution is 2.18. The Kier molecular flexibility index (Phi) is 5.97. The molecular weight excluding hydrogens is 278 g/mol. The van der Waals surface area contributed by atoms with Crippen LogP contribution in [0, 0.1) is 0 Å². The molecule has 0 fully saturated rings. The number of nitrogens with one attached hydrogen (secondary N) is 2. The van der Waals surface area contributed by atoms with Gasteiger partial charge in [-0.3, -0.25) is 4.79 Å². The minimum absolute atomic E-state index is 0.0299. The number of amides is 1. The first-order valence-electron chi connectivity index (χ1n) is 6.49. The fourth-order valence-electron chi connectivity index (χ4n) is 1.62. The van der Waals surface area contributed by atoms with Crippen LogP contribution in [-0.2, 0) is 14.8 Å². The standard InChI is InChI=1S/C13H21N3O3S/c1-3-10(2)16-13(17)8-9-15-11-6-4-5-7-12(11)20(14,18)19/h4-7,10,15H,3,8-9H2,1-2H3,(H,16,17)(H2,14,18,19). The Bertz CT molecular complexity index is 558. The first-order chi connectivity index (χ1) is 9.34. The summed E-state index contributed by atoms with van der Waals surface area (Å²) in [6.45, 7) is 4.27. The van der Waals surface area contributed by atoms with Gasteiger partial charge in [0.25, 0.3) is 0 Å². The maximum absolute atomic E-state index is 11.6. The number of anilines is 1. The average molecular weight is 299 g/mol. The summed E-state index contributed by atoms with van der Waals surface area (Å²) in [6.07, 6.45) is 1.14. The van der Waals surface area contributed by atoms with E-state index in [9.17, 15) is 13.2 Å². The van der Waals surface area contributed by atoms with Crippen LogP contribution in [0.1, 0.15) is 26.7 Å². The van der Waals surface area contributed by atoms with Crippen LogP contribution in [-0.4, -0.2) is 26.9 Å². The fraction of sp³-hybridized carbons (Fsp3) is 0.462. The molecular formula is C13H21N3O3S. The smallest absolute Gasteiger partial charge is 0.240 e. The van der Waals surface area contributed by atoms with Gasteiger partial charge in [0, 0.05) is 19.0 Å². The number of carbonyl (C=O) groups excluding carboxylic acids is 1. The Balaban J connectivity index is 2.57. The van der Waals surface area contributed by atoms with Gasteiger partial charge in [0.15, 0.2) is 0 Å². The number of benzene rings is 1. The molecule has 0 radical (unpaired) electrons. The molecule has 4 N–H and O–H groups in total. The van der Waals surface area contributed by atoms with Gasteiger partial charge in [0.2, 0.25) is 15.9 Å². The third-order valence-electron chi connectivity index (χ3n) is 2.88. The molecule has 0 saturated heterocycles. The number of hydrogen-bond acceptors (Lipinski definition) is 4. The molecule has 112 valence electrons. The summed E-state index contributed by atoms with van der Waals surface area (Å²) in [5.74, 6) is -0.0695. The molecule has 1 rings (SSSR count). The summed E-state index contributed by atoms with van der Waals surface area (Å²) >= 11 is 0. The quantitative estimate of drug-likeness (QED) is 0.700. The van der Waals surface area contributed by atoms with Gasteiger partial charge >= 0.3 is 0 Å². The maximum atomic E-state index is 11.6. The molecule has 0 aromatic heterocycles. The van der Waals surface area contributed by atoms with E-state index in [0.29, 0.717) is 12.2 Å². The molecule has 0 aliphatic rings. The molecule has 7 heteroatoms. The van der Waals surface area contributed by atoms with Crippen molar-refractivity contribution in [2.45, 2.75) is 37.6 Å². The van der Waals surface area contributed by atoms with Gasteiger partial charge in [-0.15, -0.1) is 0 Å². The second kappa shape index (κ2) is 7.25. The van der Waals surface area contributed by atoms with Gasteiger partial charge in [-0.05, 0) is 25.5 Å². The van der Waals surface area contributed by atoms with E-state index in [-0.39, 0.29) is 23.3 Å². The lowest BCUT2D eigenvalue weighted by atomic mass is 10.2. The lowest BCUT2D eigenvalue weighted by molar-refractivity contribution is -0.121. The van der Waals surface area contributed by atoms with E-state index in [1.165, 1.54) is 6.07 Å².